The molecule has 0 unspecified atom stereocenters. The van der Waals surface area contributed by atoms with Crippen LogP contribution in [0.25, 0.3) is 5.69 Å². The van der Waals surface area contributed by atoms with Crippen LogP contribution in [0.3, 0.4) is 0 Å². The number of amides is 1. The largest absolute Gasteiger partial charge is 0.348 e. The van der Waals surface area contributed by atoms with Crippen molar-refractivity contribution >= 4 is 32.4 Å². The molecule has 4 aromatic rings. The molecule has 1 amide bonds. The fraction of sp³-hybridized carbons (Fsp3) is 0.0500. The van der Waals surface area contributed by atoms with Gasteiger partial charge in [-0.3, -0.25) is 9.52 Å². The quantitative estimate of drug-likeness (QED) is 0.460. The van der Waals surface area contributed by atoms with Gasteiger partial charge in [-0.25, -0.2) is 18.1 Å². The minimum absolute atomic E-state index is 0.0566. The van der Waals surface area contributed by atoms with Gasteiger partial charge in [0.1, 0.15) is 0 Å². The molecule has 0 saturated carbocycles. The van der Waals surface area contributed by atoms with Crippen LogP contribution in [-0.2, 0) is 16.6 Å². The SMILES string of the molecule is O=C(NCc1cccc(-n2cccn2)c1)c1ccc(S(=O)(=O)Nc2nccs2)cc1. The molecule has 0 fully saturated rings. The monoisotopic (exact) mass is 439 g/mol. The van der Waals surface area contributed by atoms with Crippen LogP contribution in [0, 0.1) is 0 Å². The molecule has 30 heavy (non-hydrogen) atoms. The lowest BCUT2D eigenvalue weighted by Crippen LogP contribution is -2.23. The summed E-state index contributed by atoms with van der Waals surface area (Å²) in [6, 6.07) is 15.3. The Bertz CT molecular complexity index is 1240. The molecule has 4 rings (SSSR count). The summed E-state index contributed by atoms with van der Waals surface area (Å²) in [5.41, 5.74) is 2.18. The van der Waals surface area contributed by atoms with Gasteiger partial charge in [-0.15, -0.1) is 11.3 Å². The summed E-state index contributed by atoms with van der Waals surface area (Å²) < 4.78 is 28.9. The third-order valence-corrected chi connectivity index (χ3v) is 6.39. The van der Waals surface area contributed by atoms with Gasteiger partial charge < -0.3 is 5.32 Å². The van der Waals surface area contributed by atoms with Gasteiger partial charge in [0.25, 0.3) is 15.9 Å². The highest BCUT2D eigenvalue weighted by Crippen LogP contribution is 2.18. The molecule has 10 heteroatoms. The number of anilines is 1. The van der Waals surface area contributed by atoms with Gasteiger partial charge in [-0.1, -0.05) is 12.1 Å². The van der Waals surface area contributed by atoms with Crippen LogP contribution >= 0.6 is 11.3 Å². The van der Waals surface area contributed by atoms with E-state index >= 15 is 0 Å². The summed E-state index contributed by atoms with van der Waals surface area (Å²) in [6.07, 6.45) is 5.06. The molecule has 2 aromatic carbocycles. The lowest BCUT2D eigenvalue weighted by molar-refractivity contribution is 0.0951. The van der Waals surface area contributed by atoms with Crippen molar-refractivity contribution in [2.75, 3.05) is 4.72 Å². The highest BCUT2D eigenvalue weighted by Gasteiger charge is 2.16. The number of carbonyl (C=O) groups is 1. The molecular weight excluding hydrogens is 422 g/mol. The first-order valence-corrected chi connectivity index (χ1v) is 11.3. The topological polar surface area (TPSA) is 106 Å². The van der Waals surface area contributed by atoms with Crippen LogP contribution in [0.5, 0.6) is 0 Å². The van der Waals surface area contributed by atoms with Gasteiger partial charge >= 0.3 is 0 Å². The highest BCUT2D eigenvalue weighted by atomic mass is 32.2. The van der Waals surface area contributed by atoms with Crippen LogP contribution in [0.2, 0.25) is 0 Å². The number of carbonyl (C=O) groups excluding carboxylic acids is 1. The van der Waals surface area contributed by atoms with E-state index in [1.807, 2.05) is 36.5 Å². The number of hydrogen-bond acceptors (Lipinski definition) is 6. The molecule has 0 aliphatic carbocycles. The van der Waals surface area contributed by atoms with Crippen molar-refractivity contribution < 1.29 is 13.2 Å². The van der Waals surface area contributed by atoms with E-state index in [9.17, 15) is 13.2 Å². The molecule has 0 saturated heterocycles. The lowest BCUT2D eigenvalue weighted by Gasteiger charge is -2.09. The number of rotatable bonds is 7. The number of benzene rings is 2. The molecule has 2 heterocycles. The van der Waals surface area contributed by atoms with Gasteiger partial charge in [-0.2, -0.15) is 5.10 Å². The van der Waals surface area contributed by atoms with Gasteiger partial charge in [0.2, 0.25) is 0 Å². The zero-order valence-corrected chi connectivity index (χ0v) is 17.2. The summed E-state index contributed by atoms with van der Waals surface area (Å²) in [5, 5.41) is 9.00. The second kappa shape index (κ2) is 8.47. The summed E-state index contributed by atoms with van der Waals surface area (Å²) in [4.78, 5) is 16.4. The second-order valence-electron chi connectivity index (χ2n) is 6.27. The lowest BCUT2D eigenvalue weighted by atomic mass is 10.2. The maximum absolute atomic E-state index is 12.4. The number of aromatic nitrogens is 3. The van der Waals surface area contributed by atoms with Crippen LogP contribution in [0.4, 0.5) is 5.13 Å². The number of thiazole rings is 1. The Morgan fingerprint density at radius 3 is 2.60 bits per heavy atom. The minimum Gasteiger partial charge on any atom is -0.348 e. The molecule has 0 spiro atoms. The van der Waals surface area contributed by atoms with Crippen molar-refractivity contribution in [3.63, 3.8) is 0 Å². The predicted molar refractivity (Wildman–Crippen MR) is 114 cm³/mol. The van der Waals surface area contributed by atoms with E-state index < -0.39 is 10.0 Å². The first-order chi connectivity index (χ1) is 14.5. The maximum atomic E-state index is 12.4. The second-order valence-corrected chi connectivity index (χ2v) is 8.85. The van der Waals surface area contributed by atoms with Crippen molar-refractivity contribution in [2.24, 2.45) is 0 Å². The third-order valence-electron chi connectivity index (χ3n) is 4.21. The van der Waals surface area contributed by atoms with E-state index in [0.717, 1.165) is 11.3 Å². The summed E-state index contributed by atoms with van der Waals surface area (Å²) >= 11 is 1.19. The van der Waals surface area contributed by atoms with Gasteiger partial charge in [0, 0.05) is 36.1 Å². The van der Waals surface area contributed by atoms with E-state index in [0.29, 0.717) is 12.1 Å². The molecule has 0 radical (unpaired) electrons. The van der Waals surface area contributed by atoms with Gasteiger partial charge in [0.05, 0.1) is 10.6 Å². The van der Waals surface area contributed by atoms with Crippen LogP contribution < -0.4 is 10.0 Å². The van der Waals surface area contributed by atoms with Crippen molar-refractivity contribution in [3.8, 4) is 5.69 Å². The van der Waals surface area contributed by atoms with Crippen molar-refractivity contribution in [1.29, 1.82) is 0 Å². The molecule has 8 nitrogen and oxygen atoms in total. The number of nitrogens with zero attached hydrogens (tertiary/aromatic N) is 3. The Balaban J connectivity index is 1.40. The average molecular weight is 440 g/mol. The Morgan fingerprint density at radius 2 is 1.90 bits per heavy atom. The average Bonchev–Trinajstić information content (AvgIpc) is 3.46. The first-order valence-electron chi connectivity index (χ1n) is 8.91. The van der Waals surface area contributed by atoms with E-state index in [2.05, 4.69) is 20.1 Å². The normalized spacial score (nSPS) is 11.2. The van der Waals surface area contributed by atoms with Gasteiger partial charge in [0.15, 0.2) is 5.13 Å². The molecule has 152 valence electrons. The number of hydrogen-bond donors (Lipinski definition) is 2. The molecular formula is C20H17N5O3S2. The number of sulfonamides is 1. The van der Waals surface area contributed by atoms with E-state index in [1.54, 1.807) is 16.3 Å². The van der Waals surface area contributed by atoms with Crippen molar-refractivity contribution in [2.45, 2.75) is 11.4 Å². The Morgan fingerprint density at radius 1 is 1.07 bits per heavy atom. The summed E-state index contributed by atoms with van der Waals surface area (Å²) in [7, 11) is -3.75. The first kappa shape index (κ1) is 19.8. The zero-order chi connectivity index (χ0) is 21.0. The predicted octanol–water partition coefficient (Wildman–Crippen LogP) is 3.06. The van der Waals surface area contributed by atoms with Gasteiger partial charge in [-0.05, 0) is 48.0 Å². The van der Waals surface area contributed by atoms with Crippen LogP contribution in [-0.4, -0.2) is 29.1 Å². The van der Waals surface area contributed by atoms with Crippen LogP contribution in [0.1, 0.15) is 15.9 Å². The Labute approximate surface area is 177 Å². The third kappa shape index (κ3) is 4.56. The number of nitrogens with one attached hydrogen (secondary N) is 2. The fourth-order valence-electron chi connectivity index (χ4n) is 2.75. The summed E-state index contributed by atoms with van der Waals surface area (Å²) in [6.45, 7) is 0.333. The Hall–Kier alpha value is -3.50. The zero-order valence-electron chi connectivity index (χ0n) is 15.6. The molecule has 0 aliphatic rings. The molecule has 0 aliphatic heterocycles. The molecule has 0 atom stereocenters. The van der Waals surface area contributed by atoms with Crippen LogP contribution in [0.15, 0.2) is 83.5 Å². The smallest absolute Gasteiger partial charge is 0.263 e. The van der Waals surface area contributed by atoms with E-state index in [1.165, 1.54) is 41.8 Å². The highest BCUT2D eigenvalue weighted by molar-refractivity contribution is 7.93. The van der Waals surface area contributed by atoms with E-state index in [-0.39, 0.29) is 15.9 Å². The van der Waals surface area contributed by atoms with Crippen molar-refractivity contribution in [3.05, 3.63) is 89.7 Å². The Kier molecular flexibility index (Phi) is 5.59. The molecule has 2 N–H and O–H groups in total. The van der Waals surface area contributed by atoms with Crippen molar-refractivity contribution in [1.82, 2.24) is 20.1 Å². The fourth-order valence-corrected chi connectivity index (χ4v) is 4.54. The molecule has 2 aromatic heterocycles. The standard InChI is InChI=1S/C20H17N5O3S2/c26-19(22-14-15-3-1-4-17(13-15)25-11-2-9-23-25)16-5-7-18(8-6-16)30(27,28)24-20-21-10-12-29-20/h1-13H,14H2,(H,21,24)(H,22,26). The molecule has 0 bridgehead atoms. The minimum atomic E-state index is -3.75. The summed E-state index contributed by atoms with van der Waals surface area (Å²) in [5.74, 6) is -0.295. The maximum Gasteiger partial charge on any atom is 0.263 e. The van der Waals surface area contributed by atoms with E-state index in [4.69, 9.17) is 0 Å².